The third-order valence-corrected chi connectivity index (χ3v) is 2.42. The van der Waals surface area contributed by atoms with Crippen LogP contribution in [0.4, 0.5) is 13.2 Å². The van der Waals surface area contributed by atoms with E-state index in [0.29, 0.717) is 5.56 Å². The van der Waals surface area contributed by atoms with Crippen molar-refractivity contribution >= 4 is 5.78 Å². The van der Waals surface area contributed by atoms with Gasteiger partial charge in [0, 0.05) is 12.0 Å². The van der Waals surface area contributed by atoms with E-state index in [9.17, 15) is 18.0 Å². The summed E-state index contributed by atoms with van der Waals surface area (Å²) in [7, 11) is 0. The quantitative estimate of drug-likeness (QED) is 0.598. The number of aryl methyl sites for hydroxylation is 2. The summed E-state index contributed by atoms with van der Waals surface area (Å²) in [5, 5.41) is 0. The Hall–Kier alpha value is -1.36. The highest BCUT2D eigenvalue weighted by Crippen LogP contribution is 2.15. The first-order valence-electron chi connectivity index (χ1n) is 5.54. The minimum Gasteiger partial charge on any atom is -0.372 e. The standard InChI is InChI=1S/C13H15F3O2/c1-9-3-4-11(10(2)7-9)12(17)5-6-18-8-13(14,15)16/h3-4,7H,5-6,8H2,1-2H3. The van der Waals surface area contributed by atoms with Crippen LogP contribution in [-0.2, 0) is 4.74 Å². The van der Waals surface area contributed by atoms with E-state index in [0.717, 1.165) is 11.1 Å². The number of halogens is 3. The number of carbonyl (C=O) groups excluding carboxylic acids is 1. The zero-order valence-electron chi connectivity index (χ0n) is 10.3. The van der Waals surface area contributed by atoms with E-state index in [-0.39, 0.29) is 18.8 Å². The van der Waals surface area contributed by atoms with Gasteiger partial charge in [0.25, 0.3) is 0 Å². The van der Waals surface area contributed by atoms with Crippen molar-refractivity contribution < 1.29 is 22.7 Å². The van der Waals surface area contributed by atoms with Crippen LogP contribution in [0.2, 0.25) is 0 Å². The van der Waals surface area contributed by atoms with E-state index in [2.05, 4.69) is 4.74 Å². The van der Waals surface area contributed by atoms with Gasteiger partial charge in [0.2, 0.25) is 0 Å². The number of hydrogen-bond donors (Lipinski definition) is 0. The second kappa shape index (κ2) is 6.00. The van der Waals surface area contributed by atoms with Crippen molar-refractivity contribution in [1.29, 1.82) is 0 Å². The predicted octanol–water partition coefficient (Wildman–Crippen LogP) is 3.46. The van der Waals surface area contributed by atoms with Gasteiger partial charge in [-0.2, -0.15) is 13.2 Å². The van der Waals surface area contributed by atoms with Crippen LogP contribution in [-0.4, -0.2) is 25.2 Å². The van der Waals surface area contributed by atoms with Crippen LogP contribution in [0.15, 0.2) is 18.2 Å². The molecule has 1 rings (SSSR count). The molecular formula is C13H15F3O2. The molecule has 0 aliphatic carbocycles. The Kier molecular flexibility index (Phi) is 4.90. The van der Waals surface area contributed by atoms with Crippen molar-refractivity contribution in [2.75, 3.05) is 13.2 Å². The monoisotopic (exact) mass is 260 g/mol. The van der Waals surface area contributed by atoms with E-state index >= 15 is 0 Å². The number of ether oxygens (including phenoxy) is 1. The van der Waals surface area contributed by atoms with Crippen LogP contribution >= 0.6 is 0 Å². The summed E-state index contributed by atoms with van der Waals surface area (Å²) in [6.45, 7) is 2.18. The minimum atomic E-state index is -4.34. The molecular weight excluding hydrogens is 245 g/mol. The second-order valence-electron chi connectivity index (χ2n) is 4.16. The smallest absolute Gasteiger partial charge is 0.372 e. The first-order valence-corrected chi connectivity index (χ1v) is 5.54. The topological polar surface area (TPSA) is 26.3 Å². The maximum absolute atomic E-state index is 11.8. The third kappa shape index (κ3) is 4.87. The molecule has 0 saturated heterocycles. The molecule has 1 aromatic carbocycles. The molecule has 0 amide bonds. The number of benzene rings is 1. The van der Waals surface area contributed by atoms with Crippen LogP contribution in [0.3, 0.4) is 0 Å². The normalized spacial score (nSPS) is 11.6. The van der Waals surface area contributed by atoms with Gasteiger partial charge >= 0.3 is 6.18 Å². The lowest BCUT2D eigenvalue weighted by molar-refractivity contribution is -0.173. The van der Waals surface area contributed by atoms with Crippen molar-refractivity contribution in [3.05, 3.63) is 34.9 Å². The Morgan fingerprint density at radius 1 is 1.28 bits per heavy atom. The highest BCUT2D eigenvalue weighted by Gasteiger charge is 2.27. The Balaban J connectivity index is 2.46. The molecule has 0 unspecified atom stereocenters. The number of carbonyl (C=O) groups is 1. The molecule has 2 nitrogen and oxygen atoms in total. The van der Waals surface area contributed by atoms with Gasteiger partial charge in [-0.25, -0.2) is 0 Å². The molecule has 0 fully saturated rings. The average Bonchev–Trinajstić information content (AvgIpc) is 2.22. The predicted molar refractivity (Wildman–Crippen MR) is 61.7 cm³/mol. The molecule has 0 aromatic heterocycles. The van der Waals surface area contributed by atoms with E-state index in [1.54, 1.807) is 19.1 Å². The van der Waals surface area contributed by atoms with E-state index in [1.165, 1.54) is 0 Å². The lowest BCUT2D eigenvalue weighted by Crippen LogP contribution is -2.18. The van der Waals surface area contributed by atoms with E-state index in [4.69, 9.17) is 0 Å². The Labute approximate surface area is 104 Å². The van der Waals surface area contributed by atoms with Crippen molar-refractivity contribution in [3.63, 3.8) is 0 Å². The van der Waals surface area contributed by atoms with Gasteiger partial charge in [0.15, 0.2) is 5.78 Å². The molecule has 0 aliphatic heterocycles. The fraction of sp³-hybridized carbons (Fsp3) is 0.462. The van der Waals surface area contributed by atoms with Crippen molar-refractivity contribution in [2.45, 2.75) is 26.4 Å². The van der Waals surface area contributed by atoms with E-state index in [1.807, 2.05) is 13.0 Å². The molecule has 0 atom stereocenters. The van der Waals surface area contributed by atoms with Gasteiger partial charge in [-0.3, -0.25) is 4.79 Å². The number of alkyl halides is 3. The summed E-state index contributed by atoms with van der Waals surface area (Å²) < 4.78 is 39.8. The molecule has 0 aliphatic rings. The Morgan fingerprint density at radius 3 is 2.50 bits per heavy atom. The third-order valence-electron chi connectivity index (χ3n) is 2.42. The fourth-order valence-corrected chi connectivity index (χ4v) is 1.61. The summed E-state index contributed by atoms with van der Waals surface area (Å²) >= 11 is 0. The summed E-state index contributed by atoms with van der Waals surface area (Å²) in [6.07, 6.45) is -4.39. The largest absolute Gasteiger partial charge is 0.411 e. The van der Waals surface area contributed by atoms with Gasteiger partial charge in [-0.15, -0.1) is 0 Å². The molecule has 0 radical (unpaired) electrons. The number of ketones is 1. The number of rotatable bonds is 5. The van der Waals surface area contributed by atoms with E-state index < -0.39 is 12.8 Å². The molecule has 0 bridgehead atoms. The van der Waals surface area contributed by atoms with Crippen LogP contribution in [0.25, 0.3) is 0 Å². The molecule has 5 heteroatoms. The Morgan fingerprint density at radius 2 is 1.94 bits per heavy atom. The first-order chi connectivity index (χ1) is 8.29. The van der Waals surface area contributed by atoms with Gasteiger partial charge in [-0.1, -0.05) is 23.8 Å². The average molecular weight is 260 g/mol. The van der Waals surface area contributed by atoms with Crippen LogP contribution < -0.4 is 0 Å². The number of Topliss-reactive ketones (excluding diaryl/α,β-unsaturated/α-hetero) is 1. The van der Waals surface area contributed by atoms with Crippen molar-refractivity contribution in [2.24, 2.45) is 0 Å². The highest BCUT2D eigenvalue weighted by molar-refractivity contribution is 5.97. The van der Waals surface area contributed by atoms with Crippen LogP contribution in [0.1, 0.15) is 27.9 Å². The van der Waals surface area contributed by atoms with Gasteiger partial charge in [0.05, 0.1) is 6.61 Å². The maximum Gasteiger partial charge on any atom is 0.411 e. The molecule has 0 saturated carbocycles. The molecule has 0 N–H and O–H groups in total. The summed E-state index contributed by atoms with van der Waals surface area (Å²) in [5.74, 6) is -0.199. The van der Waals surface area contributed by atoms with Crippen molar-refractivity contribution in [3.8, 4) is 0 Å². The molecule has 1 aromatic rings. The highest BCUT2D eigenvalue weighted by atomic mass is 19.4. The van der Waals surface area contributed by atoms with Crippen molar-refractivity contribution in [1.82, 2.24) is 0 Å². The first kappa shape index (κ1) is 14.7. The van der Waals surface area contributed by atoms with Gasteiger partial charge in [0.1, 0.15) is 6.61 Å². The molecule has 18 heavy (non-hydrogen) atoms. The van der Waals surface area contributed by atoms with Crippen LogP contribution in [0.5, 0.6) is 0 Å². The van der Waals surface area contributed by atoms with Gasteiger partial charge in [-0.05, 0) is 19.4 Å². The van der Waals surface area contributed by atoms with Crippen LogP contribution in [0, 0.1) is 13.8 Å². The minimum absolute atomic E-state index is 0.0417. The van der Waals surface area contributed by atoms with Gasteiger partial charge < -0.3 is 4.74 Å². The lowest BCUT2D eigenvalue weighted by Gasteiger charge is -2.08. The summed E-state index contributed by atoms with van der Waals surface area (Å²) in [4.78, 5) is 11.7. The number of hydrogen-bond acceptors (Lipinski definition) is 2. The molecule has 100 valence electrons. The SMILES string of the molecule is Cc1ccc(C(=O)CCOCC(F)(F)F)c(C)c1. The fourth-order valence-electron chi connectivity index (χ4n) is 1.61. The lowest BCUT2D eigenvalue weighted by atomic mass is 10.0. The second-order valence-corrected chi connectivity index (χ2v) is 4.16. The maximum atomic E-state index is 11.8. The molecule has 0 heterocycles. The zero-order chi connectivity index (χ0) is 13.8. The summed E-state index contributed by atoms with van der Waals surface area (Å²) in [5.41, 5.74) is 2.41. The molecule has 0 spiro atoms. The Bertz CT molecular complexity index is 425. The summed E-state index contributed by atoms with van der Waals surface area (Å²) in [6, 6.07) is 5.36. The zero-order valence-corrected chi connectivity index (χ0v) is 10.3.